The molecule has 1 aliphatic rings. The van der Waals surface area contributed by atoms with Crippen molar-refractivity contribution in [2.45, 2.75) is 26.8 Å². The molecule has 0 fully saturated rings. The smallest absolute Gasteiger partial charge is 0.271 e. The molecule has 1 aliphatic heterocycles. The van der Waals surface area contributed by atoms with Gasteiger partial charge in [0.25, 0.3) is 11.5 Å². The Morgan fingerprint density at radius 3 is 2.62 bits per heavy atom. The van der Waals surface area contributed by atoms with E-state index in [2.05, 4.69) is 15.4 Å². The normalized spacial score (nSPS) is 15.9. The van der Waals surface area contributed by atoms with Crippen LogP contribution < -0.4 is 20.2 Å². The van der Waals surface area contributed by atoms with E-state index in [-0.39, 0.29) is 11.5 Å². The molecule has 7 nitrogen and oxygen atoms in total. The number of anilines is 1. The van der Waals surface area contributed by atoms with Gasteiger partial charge in [0.05, 0.1) is 21.5 Å². The zero-order valence-corrected chi connectivity index (χ0v) is 20.8. The fraction of sp³-hybridized carbons (Fsp3) is 0.200. The Balaban J connectivity index is 1.66. The van der Waals surface area contributed by atoms with Crippen LogP contribution in [0.4, 0.5) is 5.69 Å². The first-order valence-corrected chi connectivity index (χ1v) is 12.5. The van der Waals surface area contributed by atoms with E-state index >= 15 is 0 Å². The van der Waals surface area contributed by atoms with Crippen molar-refractivity contribution in [2.24, 2.45) is 12.0 Å². The van der Waals surface area contributed by atoms with E-state index in [0.717, 1.165) is 27.4 Å². The Labute approximate surface area is 204 Å². The van der Waals surface area contributed by atoms with Crippen LogP contribution in [0.25, 0.3) is 6.08 Å². The number of hydrogen-bond donors (Lipinski definition) is 1. The maximum Gasteiger partial charge on any atom is 0.271 e. The lowest BCUT2D eigenvalue weighted by molar-refractivity contribution is -0.113. The molecule has 0 saturated carbocycles. The summed E-state index contributed by atoms with van der Waals surface area (Å²) in [6.07, 6.45) is 3.74. The first-order valence-electron chi connectivity index (χ1n) is 10.8. The number of amides is 1. The largest absolute Gasteiger partial charge is 0.322 e. The molecule has 172 valence electrons. The molecule has 0 unspecified atom stereocenters. The van der Waals surface area contributed by atoms with Crippen LogP contribution in [0.5, 0.6) is 0 Å². The van der Waals surface area contributed by atoms with Crippen LogP contribution in [-0.4, -0.2) is 20.3 Å². The molecule has 34 heavy (non-hydrogen) atoms. The molecule has 1 amide bonds. The summed E-state index contributed by atoms with van der Waals surface area (Å²) < 4.78 is 3.93. The fourth-order valence-corrected chi connectivity index (χ4v) is 5.99. The van der Waals surface area contributed by atoms with Gasteiger partial charge in [0.2, 0.25) is 0 Å². The van der Waals surface area contributed by atoms with Crippen LogP contribution in [0.2, 0.25) is 0 Å². The van der Waals surface area contributed by atoms with Crippen molar-refractivity contribution in [3.63, 3.8) is 0 Å². The van der Waals surface area contributed by atoms with Crippen LogP contribution in [0, 0.1) is 13.8 Å². The van der Waals surface area contributed by atoms with Crippen LogP contribution in [0.3, 0.4) is 0 Å². The molecular formula is C25H23N5O2S2. The average Bonchev–Trinajstić information content (AvgIpc) is 3.50. The summed E-state index contributed by atoms with van der Waals surface area (Å²) in [5, 5.41) is 9.35. The zero-order valence-electron chi connectivity index (χ0n) is 19.2. The third kappa shape index (κ3) is 3.86. The van der Waals surface area contributed by atoms with Crippen molar-refractivity contribution < 1.29 is 4.79 Å². The number of thiazole rings is 1. The molecule has 0 aliphatic carbocycles. The van der Waals surface area contributed by atoms with Crippen LogP contribution >= 0.6 is 22.7 Å². The molecule has 0 spiro atoms. The van der Waals surface area contributed by atoms with E-state index in [1.807, 2.05) is 81.9 Å². The van der Waals surface area contributed by atoms with Gasteiger partial charge in [0, 0.05) is 29.4 Å². The molecular weight excluding hydrogens is 466 g/mol. The van der Waals surface area contributed by atoms with Gasteiger partial charge >= 0.3 is 0 Å². The second-order valence-corrected chi connectivity index (χ2v) is 10.2. The second-order valence-electron chi connectivity index (χ2n) is 8.21. The van der Waals surface area contributed by atoms with Crippen LogP contribution in [-0.2, 0) is 11.8 Å². The minimum absolute atomic E-state index is 0.168. The SMILES string of the molecule is CC1=C(C(=O)Nc2ccccc2C)[C@H](c2cccs2)n2c(s/c(=C/c3cn(C)nc3C)c2=O)=N1. The maximum atomic E-state index is 13.6. The fourth-order valence-electron chi connectivity index (χ4n) is 4.13. The lowest BCUT2D eigenvalue weighted by Crippen LogP contribution is -2.40. The molecule has 1 N–H and O–H groups in total. The monoisotopic (exact) mass is 489 g/mol. The quantitative estimate of drug-likeness (QED) is 0.478. The van der Waals surface area contributed by atoms with Gasteiger partial charge in [-0.05, 0) is 49.9 Å². The Morgan fingerprint density at radius 2 is 1.94 bits per heavy atom. The molecule has 0 radical (unpaired) electrons. The number of carbonyl (C=O) groups is 1. The molecule has 0 bridgehead atoms. The average molecular weight is 490 g/mol. The predicted octanol–water partition coefficient (Wildman–Crippen LogP) is 3.29. The zero-order chi connectivity index (χ0) is 24.0. The number of benzene rings is 1. The minimum atomic E-state index is -0.544. The summed E-state index contributed by atoms with van der Waals surface area (Å²) in [6, 6.07) is 11.0. The number of nitrogens with zero attached hydrogens (tertiary/aromatic N) is 4. The van der Waals surface area contributed by atoms with Gasteiger partial charge in [-0.2, -0.15) is 5.10 Å². The van der Waals surface area contributed by atoms with E-state index in [0.29, 0.717) is 20.6 Å². The lowest BCUT2D eigenvalue weighted by atomic mass is 10.0. The highest BCUT2D eigenvalue weighted by Crippen LogP contribution is 2.33. The van der Waals surface area contributed by atoms with Crippen LogP contribution in [0.1, 0.15) is 34.7 Å². The number of aryl methyl sites for hydroxylation is 3. The second kappa shape index (κ2) is 8.66. The number of nitrogens with one attached hydrogen (secondary N) is 1. The Morgan fingerprint density at radius 1 is 1.15 bits per heavy atom. The first kappa shape index (κ1) is 22.2. The molecule has 1 aromatic carbocycles. The van der Waals surface area contributed by atoms with Crippen molar-refractivity contribution in [1.82, 2.24) is 14.3 Å². The van der Waals surface area contributed by atoms with Crippen molar-refractivity contribution in [3.8, 4) is 0 Å². The van der Waals surface area contributed by atoms with E-state index in [1.165, 1.54) is 22.7 Å². The predicted molar refractivity (Wildman–Crippen MR) is 136 cm³/mol. The van der Waals surface area contributed by atoms with E-state index in [1.54, 1.807) is 9.25 Å². The van der Waals surface area contributed by atoms with Gasteiger partial charge in [-0.1, -0.05) is 35.6 Å². The number of aromatic nitrogens is 3. The number of allylic oxidation sites excluding steroid dienone is 1. The van der Waals surface area contributed by atoms with Crippen molar-refractivity contribution in [1.29, 1.82) is 0 Å². The summed E-state index contributed by atoms with van der Waals surface area (Å²) in [7, 11) is 1.85. The highest BCUT2D eigenvalue weighted by Gasteiger charge is 2.33. The highest BCUT2D eigenvalue weighted by molar-refractivity contribution is 7.10. The summed E-state index contributed by atoms with van der Waals surface area (Å²) in [6.45, 7) is 5.69. The van der Waals surface area contributed by atoms with Crippen molar-refractivity contribution in [3.05, 3.63) is 101 Å². The van der Waals surface area contributed by atoms with E-state index in [4.69, 9.17) is 0 Å². The minimum Gasteiger partial charge on any atom is -0.322 e. The van der Waals surface area contributed by atoms with Gasteiger partial charge < -0.3 is 5.32 Å². The van der Waals surface area contributed by atoms with Gasteiger partial charge in [-0.3, -0.25) is 18.8 Å². The lowest BCUT2D eigenvalue weighted by Gasteiger charge is -2.24. The third-order valence-electron chi connectivity index (χ3n) is 5.81. The summed E-state index contributed by atoms with van der Waals surface area (Å²) >= 11 is 2.85. The highest BCUT2D eigenvalue weighted by atomic mass is 32.1. The van der Waals surface area contributed by atoms with E-state index in [9.17, 15) is 9.59 Å². The Bertz CT molecular complexity index is 1620. The molecule has 0 saturated heterocycles. The number of carbonyl (C=O) groups excluding carboxylic acids is 1. The third-order valence-corrected chi connectivity index (χ3v) is 7.72. The first-order chi connectivity index (χ1) is 16.3. The summed E-state index contributed by atoms with van der Waals surface area (Å²) in [5.74, 6) is -0.258. The van der Waals surface area contributed by atoms with Crippen molar-refractivity contribution in [2.75, 3.05) is 5.32 Å². The molecule has 4 heterocycles. The standard InChI is InChI=1S/C25H23N5O2S2/c1-14-8-5-6-9-18(14)27-23(31)21-16(3)26-25-30(22(21)19-10-7-11-33-19)24(32)20(34-25)12-17-13-29(4)28-15(17)2/h5-13,22H,1-4H3,(H,27,31)/b20-12+/t22-/m0/s1. The number of hydrogen-bond acceptors (Lipinski definition) is 6. The van der Waals surface area contributed by atoms with E-state index < -0.39 is 6.04 Å². The van der Waals surface area contributed by atoms with Gasteiger partial charge in [-0.25, -0.2) is 4.99 Å². The number of para-hydroxylation sites is 1. The molecule has 4 aromatic rings. The molecule has 5 rings (SSSR count). The molecule has 3 aromatic heterocycles. The molecule has 1 atom stereocenters. The van der Waals surface area contributed by atoms with Crippen LogP contribution in [0.15, 0.2) is 69.0 Å². The number of thiophene rings is 1. The van der Waals surface area contributed by atoms with Gasteiger partial charge in [-0.15, -0.1) is 11.3 Å². The van der Waals surface area contributed by atoms with Gasteiger partial charge in [0.15, 0.2) is 4.80 Å². The number of fused-ring (bicyclic) bond motifs is 1. The molecule has 9 heteroatoms. The Kier molecular flexibility index (Phi) is 5.66. The van der Waals surface area contributed by atoms with Crippen molar-refractivity contribution >= 4 is 40.3 Å². The maximum absolute atomic E-state index is 13.6. The summed E-state index contributed by atoms with van der Waals surface area (Å²) in [5.41, 5.74) is 4.34. The summed E-state index contributed by atoms with van der Waals surface area (Å²) in [4.78, 5) is 33.4. The Hall–Kier alpha value is -3.56. The topological polar surface area (TPSA) is 81.3 Å². The number of rotatable bonds is 4. The van der Waals surface area contributed by atoms with Gasteiger partial charge in [0.1, 0.15) is 6.04 Å².